The number of hydrogen-bond acceptors (Lipinski definition) is 6. The van der Waals surface area contributed by atoms with E-state index in [9.17, 15) is 14.4 Å². The highest BCUT2D eigenvalue weighted by Gasteiger charge is 2.19. The van der Waals surface area contributed by atoms with E-state index in [1.165, 1.54) is 276 Å². The molecule has 0 aliphatic carbocycles. The summed E-state index contributed by atoms with van der Waals surface area (Å²) in [6, 6.07) is 0. The van der Waals surface area contributed by atoms with E-state index in [0.29, 0.717) is 19.3 Å². The van der Waals surface area contributed by atoms with Gasteiger partial charge in [-0.3, -0.25) is 14.4 Å². The van der Waals surface area contributed by atoms with Gasteiger partial charge in [0.15, 0.2) is 6.10 Å². The molecule has 1 unspecified atom stereocenters. The lowest BCUT2D eigenvalue weighted by atomic mass is 10.0. The van der Waals surface area contributed by atoms with E-state index in [1.807, 2.05) is 0 Å². The Morgan fingerprint density at radius 1 is 0.253 bits per heavy atom. The lowest BCUT2D eigenvalue weighted by molar-refractivity contribution is -0.167. The second kappa shape index (κ2) is 64.4. The maximum absolute atomic E-state index is 12.8. The lowest BCUT2D eigenvalue weighted by Gasteiger charge is -2.18. The normalized spacial score (nSPS) is 12.1. The summed E-state index contributed by atoms with van der Waals surface area (Å²) in [5.74, 6) is -0.856. The molecule has 0 aromatic rings. The summed E-state index contributed by atoms with van der Waals surface area (Å²) >= 11 is 0. The molecule has 0 radical (unpaired) electrons. The molecule has 0 aliphatic heterocycles. The van der Waals surface area contributed by atoms with E-state index >= 15 is 0 Å². The molecule has 442 valence electrons. The number of carbonyl (C=O) groups is 3. The van der Waals surface area contributed by atoms with Crippen molar-refractivity contribution in [2.45, 2.75) is 386 Å². The minimum Gasteiger partial charge on any atom is -0.462 e. The van der Waals surface area contributed by atoms with Crippen LogP contribution in [-0.4, -0.2) is 37.2 Å². The monoisotopic (exact) mass is 1050 g/mol. The van der Waals surface area contributed by atoms with Gasteiger partial charge in [-0.05, 0) is 70.6 Å². The SMILES string of the molecule is CCCCCCCCCC/C=C\CCCCCCCCCCCCCCCCCC(=O)OCC(COC(=O)CCCCCCC)OC(=O)CCCCCCCCCCCCCCC/C=C\CCCCCCCCCC. The van der Waals surface area contributed by atoms with Crippen molar-refractivity contribution in [1.82, 2.24) is 0 Å². The Morgan fingerprint density at radius 2 is 0.440 bits per heavy atom. The van der Waals surface area contributed by atoms with Crippen LogP contribution in [0, 0.1) is 0 Å². The molecule has 6 nitrogen and oxygen atoms in total. The summed E-state index contributed by atoms with van der Waals surface area (Å²) in [6.07, 6.45) is 78.3. The Labute approximate surface area is 468 Å². The summed E-state index contributed by atoms with van der Waals surface area (Å²) in [7, 11) is 0. The highest BCUT2D eigenvalue weighted by atomic mass is 16.6. The van der Waals surface area contributed by atoms with Gasteiger partial charge in [0.25, 0.3) is 0 Å². The second-order valence-electron chi connectivity index (χ2n) is 23.1. The summed E-state index contributed by atoms with van der Waals surface area (Å²) in [5, 5.41) is 0. The van der Waals surface area contributed by atoms with Gasteiger partial charge in [0.2, 0.25) is 0 Å². The van der Waals surface area contributed by atoms with Gasteiger partial charge < -0.3 is 14.2 Å². The molecule has 0 amide bonds. The first-order valence-corrected chi connectivity index (χ1v) is 33.8. The zero-order valence-corrected chi connectivity index (χ0v) is 50.8. The van der Waals surface area contributed by atoms with Gasteiger partial charge >= 0.3 is 17.9 Å². The summed E-state index contributed by atoms with van der Waals surface area (Å²) in [6.45, 7) is 6.62. The van der Waals surface area contributed by atoms with Crippen LogP contribution in [0.3, 0.4) is 0 Å². The number of rotatable bonds is 63. The van der Waals surface area contributed by atoms with Crippen LogP contribution in [0.2, 0.25) is 0 Å². The van der Waals surface area contributed by atoms with Crippen molar-refractivity contribution >= 4 is 17.9 Å². The van der Waals surface area contributed by atoms with Crippen LogP contribution in [-0.2, 0) is 28.6 Å². The molecular formula is C69H130O6. The summed E-state index contributed by atoms with van der Waals surface area (Å²) < 4.78 is 16.8. The van der Waals surface area contributed by atoms with Gasteiger partial charge in [-0.1, -0.05) is 315 Å². The number of esters is 3. The standard InChI is InChI=1S/C69H130O6/c1-4-7-10-13-15-17-19-21-23-25-27-29-31-33-34-36-37-39-41-43-45-47-49-51-53-56-59-62-68(71)74-65-66(64-73-67(70)61-58-55-12-9-6-3)75-69(72)63-60-57-54-52-50-48-46-44-42-40-38-35-32-30-28-26-24-22-20-18-16-14-11-8-5-2/h25-28,66H,4-24,29-65H2,1-3H3/b27-25-,28-26-. The van der Waals surface area contributed by atoms with E-state index in [1.54, 1.807) is 0 Å². The fourth-order valence-corrected chi connectivity index (χ4v) is 10.3. The largest absolute Gasteiger partial charge is 0.462 e. The molecule has 0 saturated heterocycles. The smallest absolute Gasteiger partial charge is 0.306 e. The molecule has 0 heterocycles. The fourth-order valence-electron chi connectivity index (χ4n) is 10.3. The molecular weight excluding hydrogens is 925 g/mol. The average molecular weight is 1060 g/mol. The number of unbranched alkanes of at least 4 members (excludes halogenated alkanes) is 48. The van der Waals surface area contributed by atoms with E-state index in [2.05, 4.69) is 45.1 Å². The first-order chi connectivity index (χ1) is 37.0. The number of ether oxygens (including phenoxy) is 3. The van der Waals surface area contributed by atoms with E-state index in [-0.39, 0.29) is 31.1 Å². The highest BCUT2D eigenvalue weighted by Crippen LogP contribution is 2.18. The van der Waals surface area contributed by atoms with Crippen LogP contribution in [0.4, 0.5) is 0 Å². The van der Waals surface area contributed by atoms with Crippen molar-refractivity contribution in [2.75, 3.05) is 13.2 Å². The minimum atomic E-state index is -0.765. The van der Waals surface area contributed by atoms with Crippen molar-refractivity contribution < 1.29 is 28.6 Å². The Morgan fingerprint density at radius 3 is 0.667 bits per heavy atom. The van der Waals surface area contributed by atoms with Gasteiger partial charge in [-0.15, -0.1) is 0 Å². The predicted molar refractivity (Wildman–Crippen MR) is 326 cm³/mol. The molecule has 0 aliphatic rings. The molecule has 0 aromatic carbocycles. The molecule has 75 heavy (non-hydrogen) atoms. The highest BCUT2D eigenvalue weighted by molar-refractivity contribution is 5.71. The van der Waals surface area contributed by atoms with Crippen LogP contribution in [0.25, 0.3) is 0 Å². The fraction of sp³-hybridized carbons (Fsp3) is 0.899. The van der Waals surface area contributed by atoms with Crippen molar-refractivity contribution in [3.63, 3.8) is 0 Å². The molecule has 0 spiro atoms. The van der Waals surface area contributed by atoms with Crippen molar-refractivity contribution in [1.29, 1.82) is 0 Å². The maximum Gasteiger partial charge on any atom is 0.306 e. The van der Waals surface area contributed by atoms with Gasteiger partial charge in [-0.25, -0.2) is 0 Å². The minimum absolute atomic E-state index is 0.0667. The lowest BCUT2D eigenvalue weighted by Crippen LogP contribution is -2.30. The Kier molecular flexibility index (Phi) is 62.6. The molecule has 0 saturated carbocycles. The molecule has 0 fully saturated rings. The first kappa shape index (κ1) is 72.9. The van der Waals surface area contributed by atoms with E-state index in [0.717, 1.165) is 64.2 Å². The predicted octanol–water partition coefficient (Wildman–Crippen LogP) is 23.0. The zero-order chi connectivity index (χ0) is 54.3. The molecule has 0 rings (SSSR count). The van der Waals surface area contributed by atoms with Crippen LogP contribution in [0.15, 0.2) is 24.3 Å². The third-order valence-corrected chi connectivity index (χ3v) is 15.4. The second-order valence-corrected chi connectivity index (χ2v) is 23.1. The molecule has 0 N–H and O–H groups in total. The third-order valence-electron chi connectivity index (χ3n) is 15.4. The van der Waals surface area contributed by atoms with Gasteiger partial charge in [-0.2, -0.15) is 0 Å². The van der Waals surface area contributed by atoms with Gasteiger partial charge in [0.05, 0.1) is 0 Å². The summed E-state index contributed by atoms with van der Waals surface area (Å²) in [4.78, 5) is 38.0. The molecule has 1 atom stereocenters. The van der Waals surface area contributed by atoms with Crippen LogP contribution in [0.5, 0.6) is 0 Å². The maximum atomic E-state index is 12.8. The Balaban J connectivity index is 3.95. The number of carbonyl (C=O) groups excluding carboxylic acids is 3. The quantitative estimate of drug-likeness (QED) is 0.0261. The van der Waals surface area contributed by atoms with Crippen molar-refractivity contribution in [3.8, 4) is 0 Å². The number of allylic oxidation sites excluding steroid dienone is 4. The van der Waals surface area contributed by atoms with Gasteiger partial charge in [0.1, 0.15) is 13.2 Å². The van der Waals surface area contributed by atoms with E-state index < -0.39 is 6.10 Å². The van der Waals surface area contributed by atoms with Crippen LogP contribution < -0.4 is 0 Å². The average Bonchev–Trinajstić information content (AvgIpc) is 3.41. The molecule has 0 bridgehead atoms. The van der Waals surface area contributed by atoms with Gasteiger partial charge in [0, 0.05) is 19.3 Å². The summed E-state index contributed by atoms with van der Waals surface area (Å²) in [5.41, 5.74) is 0. The van der Waals surface area contributed by atoms with Crippen LogP contribution in [0.1, 0.15) is 380 Å². The Bertz CT molecular complexity index is 1210. The van der Waals surface area contributed by atoms with E-state index in [4.69, 9.17) is 14.2 Å². The number of hydrogen-bond donors (Lipinski definition) is 0. The Hall–Kier alpha value is -2.11. The molecule has 6 heteroatoms. The van der Waals surface area contributed by atoms with Crippen molar-refractivity contribution in [2.24, 2.45) is 0 Å². The van der Waals surface area contributed by atoms with Crippen molar-refractivity contribution in [3.05, 3.63) is 24.3 Å². The third kappa shape index (κ3) is 62.6. The molecule has 0 aromatic heterocycles. The topological polar surface area (TPSA) is 78.9 Å². The zero-order valence-electron chi connectivity index (χ0n) is 50.8. The van der Waals surface area contributed by atoms with Crippen LogP contribution >= 0.6 is 0 Å². The first-order valence-electron chi connectivity index (χ1n) is 33.8.